The molecule has 0 atom stereocenters. The first kappa shape index (κ1) is 9.67. The number of carbonyl (C=O) groups is 1. The molecular weight excluding hydrogens is 170 g/mol. The molecule has 0 bridgehead atoms. The lowest BCUT2D eigenvalue weighted by atomic mass is 10.2. The minimum absolute atomic E-state index is 0.0559. The van der Waals surface area contributed by atoms with Gasteiger partial charge in [-0.05, 0) is 6.07 Å². The zero-order valence-corrected chi connectivity index (χ0v) is 7.61. The fraction of sp³-hybridized carbons (Fsp3) is 0.333. The summed E-state index contributed by atoms with van der Waals surface area (Å²) in [6.45, 7) is 0.0559. The minimum atomic E-state index is -0.109. The van der Waals surface area contributed by atoms with Crippen molar-refractivity contribution in [1.29, 1.82) is 0 Å². The Kier molecular flexibility index (Phi) is 3.40. The van der Waals surface area contributed by atoms with E-state index in [9.17, 15) is 4.79 Å². The molecule has 0 aliphatic rings. The molecule has 1 rings (SSSR count). The summed E-state index contributed by atoms with van der Waals surface area (Å²) in [5.74, 6) is 0.367. The molecule has 0 saturated carbocycles. The van der Waals surface area contributed by atoms with Gasteiger partial charge in [-0.1, -0.05) is 0 Å². The maximum atomic E-state index is 11.4. The largest absolute Gasteiger partial charge is 0.494 e. The van der Waals surface area contributed by atoms with Crippen LogP contribution in [0, 0.1) is 0 Å². The first-order chi connectivity index (χ1) is 6.29. The van der Waals surface area contributed by atoms with E-state index in [1.54, 1.807) is 12.3 Å². The molecule has 0 saturated heterocycles. The van der Waals surface area contributed by atoms with Crippen LogP contribution in [0.5, 0.6) is 5.75 Å². The predicted molar refractivity (Wildman–Crippen MR) is 47.0 cm³/mol. The number of ether oxygens (including phenoxy) is 2. The number of pyridine rings is 1. The van der Waals surface area contributed by atoms with E-state index in [-0.39, 0.29) is 12.4 Å². The van der Waals surface area contributed by atoms with Crippen molar-refractivity contribution in [3.8, 4) is 5.75 Å². The lowest BCUT2D eigenvalue weighted by Crippen LogP contribution is -2.08. The Morgan fingerprint density at radius 3 is 2.92 bits per heavy atom. The molecule has 0 unspecified atom stereocenters. The van der Waals surface area contributed by atoms with Crippen LogP contribution in [0.2, 0.25) is 0 Å². The van der Waals surface area contributed by atoms with Gasteiger partial charge in [0.15, 0.2) is 5.78 Å². The van der Waals surface area contributed by atoms with Crippen molar-refractivity contribution >= 4 is 5.78 Å². The van der Waals surface area contributed by atoms with Gasteiger partial charge in [-0.15, -0.1) is 0 Å². The molecule has 13 heavy (non-hydrogen) atoms. The van der Waals surface area contributed by atoms with Gasteiger partial charge in [-0.25, -0.2) is 0 Å². The highest BCUT2D eigenvalue weighted by Gasteiger charge is 2.10. The lowest BCUT2D eigenvalue weighted by molar-refractivity contribution is 0.0845. The second kappa shape index (κ2) is 4.57. The third-order valence-electron chi connectivity index (χ3n) is 1.58. The van der Waals surface area contributed by atoms with Gasteiger partial charge in [0.1, 0.15) is 12.4 Å². The van der Waals surface area contributed by atoms with Crippen LogP contribution in [-0.4, -0.2) is 31.6 Å². The van der Waals surface area contributed by atoms with Crippen molar-refractivity contribution < 1.29 is 14.3 Å². The van der Waals surface area contributed by atoms with Crippen LogP contribution >= 0.6 is 0 Å². The minimum Gasteiger partial charge on any atom is -0.494 e. The molecule has 0 amide bonds. The third-order valence-corrected chi connectivity index (χ3v) is 1.58. The molecule has 0 aliphatic heterocycles. The average Bonchev–Trinajstić information content (AvgIpc) is 2.18. The Balaban J connectivity index is 2.92. The number of carbonyl (C=O) groups excluding carboxylic acids is 1. The highest BCUT2D eigenvalue weighted by Crippen LogP contribution is 2.15. The Hall–Kier alpha value is -1.42. The maximum Gasteiger partial charge on any atom is 0.192 e. The number of hydrogen-bond acceptors (Lipinski definition) is 4. The van der Waals surface area contributed by atoms with Crippen molar-refractivity contribution in [3.63, 3.8) is 0 Å². The third kappa shape index (κ3) is 2.26. The summed E-state index contributed by atoms with van der Waals surface area (Å²) in [4.78, 5) is 15.2. The topological polar surface area (TPSA) is 48.4 Å². The van der Waals surface area contributed by atoms with Gasteiger partial charge in [-0.2, -0.15) is 0 Å². The summed E-state index contributed by atoms with van der Waals surface area (Å²) in [5.41, 5.74) is 0.499. The van der Waals surface area contributed by atoms with Gasteiger partial charge >= 0.3 is 0 Å². The number of nitrogens with zero attached hydrogens (tertiary/aromatic N) is 1. The molecule has 0 spiro atoms. The van der Waals surface area contributed by atoms with Gasteiger partial charge < -0.3 is 9.47 Å². The van der Waals surface area contributed by atoms with E-state index >= 15 is 0 Å². The second-order valence-corrected chi connectivity index (χ2v) is 2.43. The Morgan fingerprint density at radius 1 is 1.54 bits per heavy atom. The molecule has 1 heterocycles. The summed E-state index contributed by atoms with van der Waals surface area (Å²) in [6.07, 6.45) is 3.05. The molecule has 1 aromatic rings. The van der Waals surface area contributed by atoms with Crippen LogP contribution in [0.3, 0.4) is 0 Å². The number of Topliss-reactive ketones (excluding diaryl/α,β-unsaturated/α-hetero) is 1. The normalized spacial score (nSPS) is 9.69. The predicted octanol–water partition coefficient (Wildman–Crippen LogP) is 0.919. The van der Waals surface area contributed by atoms with E-state index in [4.69, 9.17) is 9.47 Å². The fourth-order valence-corrected chi connectivity index (χ4v) is 0.982. The highest BCUT2D eigenvalue weighted by atomic mass is 16.5. The smallest absolute Gasteiger partial charge is 0.192 e. The van der Waals surface area contributed by atoms with Gasteiger partial charge in [0.25, 0.3) is 0 Å². The molecule has 0 aliphatic carbocycles. The lowest BCUT2D eigenvalue weighted by Gasteiger charge is -2.05. The SMILES string of the molecule is COCC(=O)c1ccncc1OC. The summed E-state index contributed by atoms with van der Waals surface area (Å²) < 4.78 is 9.71. The summed E-state index contributed by atoms with van der Waals surface area (Å²) >= 11 is 0. The molecule has 0 N–H and O–H groups in total. The highest BCUT2D eigenvalue weighted by molar-refractivity contribution is 5.99. The second-order valence-electron chi connectivity index (χ2n) is 2.43. The van der Waals surface area contributed by atoms with Gasteiger partial charge in [0.2, 0.25) is 0 Å². The van der Waals surface area contributed by atoms with Crippen LogP contribution in [0.4, 0.5) is 0 Å². The summed E-state index contributed by atoms with van der Waals surface area (Å²) in [6, 6.07) is 1.61. The molecule has 0 radical (unpaired) electrons. The van der Waals surface area contributed by atoms with E-state index in [0.717, 1.165) is 0 Å². The van der Waals surface area contributed by atoms with Crippen LogP contribution in [0.1, 0.15) is 10.4 Å². The average molecular weight is 181 g/mol. The maximum absolute atomic E-state index is 11.4. The number of aromatic nitrogens is 1. The molecule has 0 aromatic carbocycles. The number of hydrogen-bond donors (Lipinski definition) is 0. The quantitative estimate of drug-likeness (QED) is 0.648. The zero-order chi connectivity index (χ0) is 9.68. The standard InChI is InChI=1S/C9H11NO3/c1-12-6-8(11)7-3-4-10-5-9(7)13-2/h3-5H,6H2,1-2H3. The molecule has 70 valence electrons. The Labute approximate surface area is 76.5 Å². The molecule has 4 heteroatoms. The molecule has 4 nitrogen and oxygen atoms in total. The van der Waals surface area contributed by atoms with Gasteiger partial charge in [-0.3, -0.25) is 9.78 Å². The van der Waals surface area contributed by atoms with Crippen LogP contribution in [0.25, 0.3) is 0 Å². The van der Waals surface area contributed by atoms with Crippen molar-refractivity contribution in [1.82, 2.24) is 4.98 Å². The Morgan fingerprint density at radius 2 is 2.31 bits per heavy atom. The molecular formula is C9H11NO3. The number of ketones is 1. The van der Waals surface area contributed by atoms with Crippen molar-refractivity contribution in [2.24, 2.45) is 0 Å². The van der Waals surface area contributed by atoms with Gasteiger partial charge in [0.05, 0.1) is 18.9 Å². The fourth-order valence-electron chi connectivity index (χ4n) is 0.982. The van der Waals surface area contributed by atoms with E-state index in [1.807, 2.05) is 0 Å². The summed E-state index contributed by atoms with van der Waals surface area (Å²) in [7, 11) is 2.98. The van der Waals surface area contributed by atoms with Crippen LogP contribution in [-0.2, 0) is 4.74 Å². The monoisotopic (exact) mass is 181 g/mol. The number of methoxy groups -OCH3 is 2. The van der Waals surface area contributed by atoms with Gasteiger partial charge in [0, 0.05) is 13.3 Å². The van der Waals surface area contributed by atoms with Crippen LogP contribution in [0.15, 0.2) is 18.5 Å². The first-order valence-corrected chi connectivity index (χ1v) is 3.79. The van der Waals surface area contributed by atoms with E-state index in [0.29, 0.717) is 11.3 Å². The van der Waals surface area contributed by atoms with Crippen molar-refractivity contribution in [2.45, 2.75) is 0 Å². The first-order valence-electron chi connectivity index (χ1n) is 3.79. The van der Waals surface area contributed by atoms with Crippen molar-refractivity contribution in [3.05, 3.63) is 24.0 Å². The van der Waals surface area contributed by atoms with E-state index in [2.05, 4.69) is 4.98 Å². The summed E-state index contributed by atoms with van der Waals surface area (Å²) in [5, 5.41) is 0. The molecule has 1 aromatic heterocycles. The zero-order valence-electron chi connectivity index (χ0n) is 7.61. The molecule has 0 fully saturated rings. The van der Waals surface area contributed by atoms with Crippen LogP contribution < -0.4 is 4.74 Å². The Bertz CT molecular complexity index is 299. The van der Waals surface area contributed by atoms with E-state index in [1.165, 1.54) is 20.4 Å². The number of rotatable bonds is 4. The van der Waals surface area contributed by atoms with Crippen molar-refractivity contribution in [2.75, 3.05) is 20.8 Å². The van der Waals surface area contributed by atoms with E-state index < -0.39 is 0 Å².